The van der Waals surface area contributed by atoms with Crippen LogP contribution in [0.25, 0.3) is 0 Å². The van der Waals surface area contributed by atoms with Crippen LogP contribution in [-0.2, 0) is 11.2 Å². The summed E-state index contributed by atoms with van der Waals surface area (Å²) in [5.41, 5.74) is 3.19. The molecule has 0 aromatic heterocycles. The molecule has 120 valence electrons. The molecule has 0 aliphatic carbocycles. The van der Waals surface area contributed by atoms with Crippen molar-refractivity contribution in [1.82, 2.24) is 5.32 Å². The van der Waals surface area contributed by atoms with E-state index in [2.05, 4.69) is 29.4 Å². The number of benzene rings is 2. The number of amides is 1. The van der Waals surface area contributed by atoms with Gasteiger partial charge in [-0.2, -0.15) is 0 Å². The summed E-state index contributed by atoms with van der Waals surface area (Å²) < 4.78 is 13.2. The highest BCUT2D eigenvalue weighted by molar-refractivity contribution is 5.77. The molecule has 1 heterocycles. The highest BCUT2D eigenvalue weighted by Crippen LogP contribution is 2.32. The van der Waals surface area contributed by atoms with Gasteiger partial charge in [0.25, 0.3) is 0 Å². The van der Waals surface area contributed by atoms with E-state index in [1.807, 2.05) is 18.2 Å². The van der Waals surface area contributed by atoms with Gasteiger partial charge in [-0.15, -0.1) is 0 Å². The molecule has 0 spiro atoms. The standard InChI is InChI=1S/C19H21FN2O/c1-22-12-11-17(16-7-2-3-8-18(16)22)21-19(23)10-9-14-5-4-6-15(20)13-14/h2-8,13,17H,9-12H2,1H3,(H,21,23). The maximum Gasteiger partial charge on any atom is 0.220 e. The minimum Gasteiger partial charge on any atom is -0.374 e. The number of anilines is 1. The number of carbonyl (C=O) groups excluding carboxylic acids is 1. The van der Waals surface area contributed by atoms with Crippen molar-refractivity contribution in [2.45, 2.75) is 25.3 Å². The van der Waals surface area contributed by atoms with Crippen LogP contribution in [0.2, 0.25) is 0 Å². The molecule has 1 N–H and O–H groups in total. The number of halogens is 1. The second-order valence-electron chi connectivity index (χ2n) is 6.02. The first-order valence-electron chi connectivity index (χ1n) is 7.97. The Kier molecular flexibility index (Phi) is 4.60. The van der Waals surface area contributed by atoms with Crippen LogP contribution in [0.15, 0.2) is 48.5 Å². The van der Waals surface area contributed by atoms with Crippen molar-refractivity contribution in [1.29, 1.82) is 0 Å². The van der Waals surface area contributed by atoms with E-state index < -0.39 is 0 Å². The summed E-state index contributed by atoms with van der Waals surface area (Å²) in [6, 6.07) is 14.7. The minimum atomic E-state index is -0.257. The highest BCUT2D eigenvalue weighted by atomic mass is 19.1. The van der Waals surface area contributed by atoms with Gasteiger partial charge in [0.05, 0.1) is 6.04 Å². The summed E-state index contributed by atoms with van der Waals surface area (Å²) in [5.74, 6) is -0.245. The summed E-state index contributed by atoms with van der Waals surface area (Å²) in [6.07, 6.45) is 1.83. The third-order valence-electron chi connectivity index (χ3n) is 4.34. The zero-order chi connectivity index (χ0) is 16.2. The molecule has 1 aliphatic rings. The highest BCUT2D eigenvalue weighted by Gasteiger charge is 2.23. The van der Waals surface area contributed by atoms with Crippen molar-refractivity contribution in [3.8, 4) is 0 Å². The Bertz CT molecular complexity index is 701. The number of hydrogen-bond acceptors (Lipinski definition) is 2. The molecule has 3 nitrogen and oxygen atoms in total. The maximum absolute atomic E-state index is 13.2. The Labute approximate surface area is 136 Å². The number of rotatable bonds is 4. The molecule has 23 heavy (non-hydrogen) atoms. The molecule has 0 bridgehead atoms. The second kappa shape index (κ2) is 6.82. The molecule has 0 saturated carbocycles. The lowest BCUT2D eigenvalue weighted by Crippen LogP contribution is -2.36. The Morgan fingerprint density at radius 1 is 1.26 bits per heavy atom. The van der Waals surface area contributed by atoms with Crippen molar-refractivity contribution < 1.29 is 9.18 Å². The van der Waals surface area contributed by atoms with Gasteiger partial charge in [0.15, 0.2) is 0 Å². The van der Waals surface area contributed by atoms with Crippen LogP contribution >= 0.6 is 0 Å². The third-order valence-corrected chi connectivity index (χ3v) is 4.34. The van der Waals surface area contributed by atoms with Crippen LogP contribution < -0.4 is 10.2 Å². The van der Waals surface area contributed by atoms with E-state index in [0.29, 0.717) is 12.8 Å². The predicted octanol–water partition coefficient (Wildman–Crippen LogP) is 3.46. The normalized spacial score (nSPS) is 16.8. The quantitative estimate of drug-likeness (QED) is 0.938. The van der Waals surface area contributed by atoms with Gasteiger partial charge in [0.2, 0.25) is 5.91 Å². The average molecular weight is 312 g/mol. The van der Waals surface area contributed by atoms with Crippen LogP contribution in [0, 0.1) is 5.82 Å². The summed E-state index contributed by atoms with van der Waals surface area (Å²) in [6.45, 7) is 0.922. The van der Waals surface area contributed by atoms with Gasteiger partial charge in [-0.05, 0) is 42.2 Å². The molecule has 1 unspecified atom stereocenters. The summed E-state index contributed by atoms with van der Waals surface area (Å²) >= 11 is 0. The number of fused-ring (bicyclic) bond motifs is 1. The van der Waals surface area contributed by atoms with E-state index in [1.165, 1.54) is 23.4 Å². The van der Waals surface area contributed by atoms with E-state index in [0.717, 1.165) is 18.5 Å². The fourth-order valence-corrected chi connectivity index (χ4v) is 3.10. The van der Waals surface area contributed by atoms with E-state index >= 15 is 0 Å². The van der Waals surface area contributed by atoms with Gasteiger partial charge in [-0.1, -0.05) is 30.3 Å². The average Bonchev–Trinajstić information content (AvgIpc) is 2.56. The van der Waals surface area contributed by atoms with Crippen LogP contribution in [0.1, 0.15) is 30.0 Å². The van der Waals surface area contributed by atoms with Gasteiger partial charge in [0, 0.05) is 25.7 Å². The Morgan fingerprint density at radius 3 is 2.91 bits per heavy atom. The minimum absolute atomic E-state index is 0.0126. The molecule has 1 atom stereocenters. The summed E-state index contributed by atoms with van der Waals surface area (Å²) in [5, 5.41) is 3.12. The van der Waals surface area contributed by atoms with Crippen molar-refractivity contribution in [3.05, 3.63) is 65.5 Å². The summed E-state index contributed by atoms with van der Waals surface area (Å²) in [7, 11) is 2.07. The van der Waals surface area contributed by atoms with Gasteiger partial charge < -0.3 is 10.2 Å². The molecule has 3 rings (SSSR count). The molecule has 4 heteroatoms. The largest absolute Gasteiger partial charge is 0.374 e. The topological polar surface area (TPSA) is 32.3 Å². The Balaban J connectivity index is 1.61. The van der Waals surface area contributed by atoms with Crippen molar-refractivity contribution in [3.63, 3.8) is 0 Å². The monoisotopic (exact) mass is 312 g/mol. The first kappa shape index (κ1) is 15.5. The first-order valence-corrected chi connectivity index (χ1v) is 7.97. The smallest absolute Gasteiger partial charge is 0.220 e. The molecular formula is C19H21FN2O. The van der Waals surface area contributed by atoms with Crippen LogP contribution in [0.3, 0.4) is 0 Å². The number of hydrogen-bond donors (Lipinski definition) is 1. The van der Waals surface area contributed by atoms with Crippen LogP contribution in [0.4, 0.5) is 10.1 Å². The predicted molar refractivity (Wildman–Crippen MR) is 89.9 cm³/mol. The fraction of sp³-hybridized carbons (Fsp3) is 0.316. The summed E-state index contributed by atoms with van der Waals surface area (Å²) in [4.78, 5) is 14.5. The van der Waals surface area contributed by atoms with Crippen LogP contribution in [-0.4, -0.2) is 19.5 Å². The Morgan fingerprint density at radius 2 is 2.09 bits per heavy atom. The van der Waals surface area contributed by atoms with Crippen LogP contribution in [0.5, 0.6) is 0 Å². The lowest BCUT2D eigenvalue weighted by atomic mass is 9.96. The SMILES string of the molecule is CN1CCC(NC(=O)CCc2cccc(F)c2)c2ccccc21. The number of carbonyl (C=O) groups is 1. The fourth-order valence-electron chi connectivity index (χ4n) is 3.10. The molecule has 0 saturated heterocycles. The zero-order valence-electron chi connectivity index (χ0n) is 13.3. The van der Waals surface area contributed by atoms with Gasteiger partial charge in [0.1, 0.15) is 5.82 Å². The molecule has 1 amide bonds. The van der Waals surface area contributed by atoms with E-state index in [9.17, 15) is 9.18 Å². The number of nitrogens with one attached hydrogen (secondary N) is 1. The zero-order valence-corrected chi connectivity index (χ0v) is 13.3. The maximum atomic E-state index is 13.2. The number of para-hydroxylation sites is 1. The molecule has 0 fully saturated rings. The van der Waals surface area contributed by atoms with Crippen molar-refractivity contribution >= 4 is 11.6 Å². The number of nitrogens with zero attached hydrogens (tertiary/aromatic N) is 1. The van der Waals surface area contributed by atoms with E-state index in [-0.39, 0.29) is 17.8 Å². The second-order valence-corrected chi connectivity index (χ2v) is 6.02. The van der Waals surface area contributed by atoms with Gasteiger partial charge in [-0.3, -0.25) is 4.79 Å². The molecule has 0 radical (unpaired) electrons. The van der Waals surface area contributed by atoms with Crippen molar-refractivity contribution in [2.75, 3.05) is 18.5 Å². The first-order chi connectivity index (χ1) is 11.1. The molecule has 1 aliphatic heterocycles. The number of aryl methyl sites for hydroxylation is 1. The van der Waals surface area contributed by atoms with Crippen molar-refractivity contribution in [2.24, 2.45) is 0 Å². The Hall–Kier alpha value is -2.36. The molecule has 2 aromatic rings. The lowest BCUT2D eigenvalue weighted by molar-refractivity contribution is -0.121. The molecule has 2 aromatic carbocycles. The van der Waals surface area contributed by atoms with E-state index in [1.54, 1.807) is 6.07 Å². The van der Waals surface area contributed by atoms with E-state index in [4.69, 9.17) is 0 Å². The lowest BCUT2D eigenvalue weighted by Gasteiger charge is -2.33. The van der Waals surface area contributed by atoms with Gasteiger partial charge >= 0.3 is 0 Å². The third kappa shape index (κ3) is 3.70. The molecular weight excluding hydrogens is 291 g/mol. The van der Waals surface area contributed by atoms with Gasteiger partial charge in [-0.25, -0.2) is 4.39 Å².